The Bertz CT molecular complexity index is 1110. The predicted molar refractivity (Wildman–Crippen MR) is 149 cm³/mol. The van der Waals surface area contributed by atoms with Crippen LogP contribution in [-0.4, -0.2) is 55.8 Å². The average molecular weight is 553 g/mol. The highest BCUT2D eigenvalue weighted by Crippen LogP contribution is 2.34. The number of aliphatic carboxylic acids is 2. The highest BCUT2D eigenvalue weighted by molar-refractivity contribution is 5.93. The minimum Gasteiger partial charge on any atom is -0.545 e. The largest absolute Gasteiger partial charge is 0.545 e. The van der Waals surface area contributed by atoms with E-state index < -0.39 is 11.9 Å². The van der Waals surface area contributed by atoms with Crippen molar-refractivity contribution in [2.45, 2.75) is 57.5 Å². The van der Waals surface area contributed by atoms with Crippen LogP contribution >= 0.6 is 0 Å². The van der Waals surface area contributed by atoms with Gasteiger partial charge in [-0.3, -0.25) is 4.79 Å². The number of rotatable bonds is 11. The number of carbonyl (C=O) groups is 3. The fourth-order valence-electron chi connectivity index (χ4n) is 5.21. The standard InChI is InChI=1S/C27H36N2O3.C4H4O4/c1-31-25-16-15-23(19-26(25)32-24-13-5-6-14-24)28-27(30)22-12-8-18-29(20-22)17-7-11-21-9-3-2-4-10-21;5-3(6)1-2-4(7)8/h2-4,9-10,15-16,19,22,24H,5-8,11-14,17-18,20H2,1H3,(H,28,30);1-2H,(H,5,6)(H,7,8)/b;2-1+. The summed E-state index contributed by atoms with van der Waals surface area (Å²) in [5.41, 5.74) is 2.19. The molecule has 1 saturated heterocycles. The number of quaternary nitrogens is 1. The van der Waals surface area contributed by atoms with Gasteiger partial charge in [0.15, 0.2) is 11.5 Å². The number of methoxy groups -OCH3 is 1. The second-order valence-corrected chi connectivity index (χ2v) is 10.3. The zero-order chi connectivity index (χ0) is 28.7. The van der Waals surface area contributed by atoms with Gasteiger partial charge in [0.05, 0.1) is 44.7 Å². The summed E-state index contributed by atoms with van der Waals surface area (Å²) in [7, 11) is 1.66. The molecule has 2 atom stereocenters. The smallest absolute Gasteiger partial charge is 0.328 e. The van der Waals surface area contributed by atoms with Crippen LogP contribution in [0.3, 0.4) is 0 Å². The number of hydrogen-bond acceptors (Lipinski definition) is 6. The van der Waals surface area contributed by atoms with E-state index in [1.807, 2.05) is 18.2 Å². The minimum atomic E-state index is -1.51. The van der Waals surface area contributed by atoms with Gasteiger partial charge in [-0.05, 0) is 68.7 Å². The molecule has 2 unspecified atom stereocenters. The summed E-state index contributed by atoms with van der Waals surface area (Å²) in [6, 6.07) is 16.4. The van der Waals surface area contributed by atoms with E-state index in [2.05, 4.69) is 35.6 Å². The summed E-state index contributed by atoms with van der Waals surface area (Å²) in [6.45, 7) is 3.21. The van der Waals surface area contributed by atoms with E-state index in [9.17, 15) is 19.5 Å². The molecule has 9 nitrogen and oxygen atoms in total. The lowest BCUT2D eigenvalue weighted by Crippen LogP contribution is -3.13. The third kappa shape index (κ3) is 10.7. The van der Waals surface area contributed by atoms with Crippen LogP contribution in [0.25, 0.3) is 0 Å². The third-order valence-electron chi connectivity index (χ3n) is 7.22. The minimum absolute atomic E-state index is 0.0665. The van der Waals surface area contributed by atoms with E-state index in [0.29, 0.717) is 12.2 Å². The maximum Gasteiger partial charge on any atom is 0.328 e. The SMILES string of the molecule is COc1ccc(NC(=O)C2CCC[NH+](CCCc3ccccc3)C2)cc1OC1CCCC1.O=C([O-])/C=C/C(=O)O. The molecule has 2 aliphatic rings. The van der Waals surface area contributed by atoms with Gasteiger partial charge < -0.3 is 34.7 Å². The molecule has 0 bridgehead atoms. The molecule has 0 radical (unpaired) electrons. The molecular weight excluding hydrogens is 512 g/mol. The number of benzene rings is 2. The lowest BCUT2D eigenvalue weighted by atomic mass is 9.96. The molecule has 0 spiro atoms. The Labute approximate surface area is 235 Å². The van der Waals surface area contributed by atoms with E-state index in [-0.39, 0.29) is 17.9 Å². The van der Waals surface area contributed by atoms with Gasteiger partial charge in [-0.1, -0.05) is 30.3 Å². The van der Waals surface area contributed by atoms with Crippen molar-refractivity contribution in [2.24, 2.45) is 5.92 Å². The summed E-state index contributed by atoms with van der Waals surface area (Å²) in [6.07, 6.45) is 10.1. The molecule has 1 aliphatic heterocycles. The number of nitrogens with one attached hydrogen (secondary N) is 2. The second-order valence-electron chi connectivity index (χ2n) is 10.3. The lowest BCUT2D eigenvalue weighted by Gasteiger charge is -2.29. The number of ether oxygens (including phenoxy) is 2. The number of anilines is 1. The topological polar surface area (TPSA) is 129 Å². The molecule has 4 rings (SSSR count). The van der Waals surface area contributed by atoms with E-state index in [4.69, 9.17) is 14.6 Å². The Morgan fingerprint density at radius 1 is 1.02 bits per heavy atom. The van der Waals surface area contributed by atoms with E-state index >= 15 is 0 Å². The van der Waals surface area contributed by atoms with Crippen molar-refractivity contribution in [1.82, 2.24) is 0 Å². The Morgan fingerprint density at radius 3 is 2.42 bits per heavy atom. The quantitative estimate of drug-likeness (QED) is 0.365. The molecule has 2 aromatic rings. The summed E-state index contributed by atoms with van der Waals surface area (Å²) in [5.74, 6) is -1.16. The molecule has 1 aliphatic carbocycles. The molecule has 9 heteroatoms. The van der Waals surface area contributed by atoms with Crippen molar-refractivity contribution in [3.63, 3.8) is 0 Å². The van der Waals surface area contributed by atoms with Crippen LogP contribution in [0.5, 0.6) is 11.5 Å². The van der Waals surface area contributed by atoms with Crippen LogP contribution in [0, 0.1) is 5.92 Å². The van der Waals surface area contributed by atoms with Crippen molar-refractivity contribution in [1.29, 1.82) is 0 Å². The van der Waals surface area contributed by atoms with Gasteiger partial charge in [-0.25, -0.2) is 4.79 Å². The molecule has 2 aromatic carbocycles. The van der Waals surface area contributed by atoms with E-state index in [1.54, 1.807) is 12.0 Å². The first kappa shape index (κ1) is 30.7. The molecule has 40 heavy (non-hydrogen) atoms. The third-order valence-corrected chi connectivity index (χ3v) is 7.22. The first-order valence-electron chi connectivity index (χ1n) is 14.0. The van der Waals surface area contributed by atoms with Crippen molar-refractivity contribution >= 4 is 23.5 Å². The van der Waals surface area contributed by atoms with Gasteiger partial charge in [-0.2, -0.15) is 0 Å². The summed E-state index contributed by atoms with van der Waals surface area (Å²) >= 11 is 0. The Balaban J connectivity index is 0.000000482. The Hall–Kier alpha value is -3.85. The highest BCUT2D eigenvalue weighted by atomic mass is 16.5. The van der Waals surface area contributed by atoms with Crippen LogP contribution in [-0.2, 0) is 20.8 Å². The van der Waals surface area contributed by atoms with Crippen LogP contribution in [0.4, 0.5) is 5.69 Å². The van der Waals surface area contributed by atoms with Crippen molar-refractivity contribution in [2.75, 3.05) is 32.1 Å². The average Bonchev–Trinajstić information content (AvgIpc) is 3.46. The van der Waals surface area contributed by atoms with Gasteiger partial charge in [-0.15, -0.1) is 0 Å². The highest BCUT2D eigenvalue weighted by Gasteiger charge is 2.29. The number of piperidine rings is 1. The maximum atomic E-state index is 13.0. The first-order valence-corrected chi connectivity index (χ1v) is 14.0. The molecule has 0 aromatic heterocycles. The monoisotopic (exact) mass is 552 g/mol. The van der Waals surface area contributed by atoms with Gasteiger partial charge in [0.1, 0.15) is 0 Å². The predicted octanol–water partition coefficient (Wildman–Crippen LogP) is 2.26. The van der Waals surface area contributed by atoms with Gasteiger partial charge in [0.25, 0.3) is 0 Å². The van der Waals surface area contributed by atoms with E-state index in [0.717, 1.165) is 68.8 Å². The fourth-order valence-corrected chi connectivity index (χ4v) is 5.21. The summed E-state index contributed by atoms with van der Waals surface area (Å²) in [5, 5.41) is 20.4. The molecular formula is C31H40N2O7. The zero-order valence-electron chi connectivity index (χ0n) is 23.1. The second kappa shape index (κ2) is 16.3. The van der Waals surface area contributed by atoms with Crippen molar-refractivity contribution in [3.8, 4) is 11.5 Å². The summed E-state index contributed by atoms with van der Waals surface area (Å²) in [4.78, 5) is 33.5. The molecule has 1 amide bonds. The number of likely N-dealkylation sites (tertiary alicyclic amines) is 1. The van der Waals surface area contributed by atoms with E-state index in [1.165, 1.54) is 24.9 Å². The number of hydrogen-bond donors (Lipinski definition) is 3. The molecule has 2 fully saturated rings. The van der Waals surface area contributed by atoms with Gasteiger partial charge in [0.2, 0.25) is 5.91 Å². The molecule has 3 N–H and O–H groups in total. The lowest BCUT2D eigenvalue weighted by molar-refractivity contribution is -0.907. The number of aryl methyl sites for hydroxylation is 1. The van der Waals surface area contributed by atoms with Gasteiger partial charge >= 0.3 is 5.97 Å². The Morgan fingerprint density at radius 2 is 1.77 bits per heavy atom. The van der Waals surface area contributed by atoms with Crippen molar-refractivity contribution in [3.05, 3.63) is 66.2 Å². The van der Waals surface area contributed by atoms with Gasteiger partial charge in [0, 0.05) is 24.3 Å². The maximum absolute atomic E-state index is 13.0. The van der Waals surface area contributed by atoms with Crippen LogP contribution in [0.2, 0.25) is 0 Å². The number of carboxylic acid groups (broad SMARTS) is 2. The summed E-state index contributed by atoms with van der Waals surface area (Å²) < 4.78 is 11.7. The van der Waals surface area contributed by atoms with Crippen LogP contribution in [0.15, 0.2) is 60.7 Å². The number of amides is 1. The molecule has 216 valence electrons. The molecule has 1 heterocycles. The number of carboxylic acids is 2. The molecule has 1 saturated carbocycles. The van der Waals surface area contributed by atoms with Crippen LogP contribution in [0.1, 0.15) is 50.5 Å². The fraction of sp³-hybridized carbons (Fsp3) is 0.452. The zero-order valence-corrected chi connectivity index (χ0v) is 23.1. The number of carbonyl (C=O) groups excluding carboxylic acids is 2. The normalized spacial score (nSPS) is 18.9. The van der Waals surface area contributed by atoms with Crippen molar-refractivity contribution < 1.29 is 39.0 Å². The Kier molecular flexibility index (Phi) is 12.5. The first-order chi connectivity index (χ1) is 19.3. The van der Waals surface area contributed by atoms with Crippen LogP contribution < -0.4 is 24.8 Å².